The third kappa shape index (κ3) is 3.17. The maximum absolute atomic E-state index is 4.92. The molecule has 2 aliphatic carbocycles. The summed E-state index contributed by atoms with van der Waals surface area (Å²) in [5.74, 6) is 1.81. The van der Waals surface area contributed by atoms with E-state index in [0.717, 1.165) is 5.69 Å². The average molecular weight is 478 g/mol. The molecule has 0 unspecified atom stereocenters. The van der Waals surface area contributed by atoms with Crippen LogP contribution in [0.3, 0.4) is 0 Å². The molecule has 0 radical (unpaired) electrons. The SMILES string of the molecule is CC(C)c1ncc(C(C)(C)c2nccc(C3CC3)c2Br)c(Br)c1C1CC1. The summed E-state index contributed by atoms with van der Waals surface area (Å²) in [4.78, 5) is 9.71. The molecule has 0 N–H and O–H groups in total. The van der Waals surface area contributed by atoms with Crippen molar-refractivity contribution in [1.82, 2.24) is 9.97 Å². The van der Waals surface area contributed by atoms with Gasteiger partial charge in [0.05, 0.1) is 5.69 Å². The van der Waals surface area contributed by atoms with E-state index >= 15 is 0 Å². The molecule has 0 atom stereocenters. The molecule has 0 aliphatic heterocycles. The van der Waals surface area contributed by atoms with Crippen LogP contribution in [0.25, 0.3) is 0 Å². The maximum Gasteiger partial charge on any atom is 0.0649 e. The quantitative estimate of drug-likeness (QED) is 0.454. The molecular formula is C22H26Br2N2. The zero-order valence-electron chi connectivity index (χ0n) is 15.9. The van der Waals surface area contributed by atoms with E-state index in [9.17, 15) is 0 Å². The highest BCUT2D eigenvalue weighted by Crippen LogP contribution is 2.50. The molecule has 4 heteroatoms. The molecule has 2 heterocycles. The Morgan fingerprint density at radius 3 is 2.23 bits per heavy atom. The third-order valence-electron chi connectivity index (χ3n) is 5.82. The fourth-order valence-electron chi connectivity index (χ4n) is 3.91. The second kappa shape index (κ2) is 6.70. The molecule has 2 saturated carbocycles. The lowest BCUT2D eigenvalue weighted by molar-refractivity contribution is 0.600. The number of rotatable bonds is 5. The van der Waals surface area contributed by atoms with Gasteiger partial charge in [0.1, 0.15) is 0 Å². The summed E-state index contributed by atoms with van der Waals surface area (Å²) in [6.45, 7) is 9.01. The van der Waals surface area contributed by atoms with Crippen molar-refractivity contribution in [2.24, 2.45) is 0 Å². The fourth-order valence-corrected chi connectivity index (χ4v) is 6.08. The summed E-state index contributed by atoms with van der Waals surface area (Å²) < 4.78 is 2.43. The lowest BCUT2D eigenvalue weighted by Crippen LogP contribution is -2.24. The first-order valence-electron chi connectivity index (χ1n) is 9.66. The Balaban J connectivity index is 1.84. The molecule has 2 aromatic rings. The van der Waals surface area contributed by atoms with Gasteiger partial charge in [0.2, 0.25) is 0 Å². The Morgan fingerprint density at radius 2 is 1.65 bits per heavy atom. The molecule has 26 heavy (non-hydrogen) atoms. The van der Waals surface area contributed by atoms with E-state index in [1.54, 1.807) is 0 Å². The van der Waals surface area contributed by atoms with Gasteiger partial charge in [-0.15, -0.1) is 0 Å². The van der Waals surface area contributed by atoms with Crippen molar-refractivity contribution >= 4 is 31.9 Å². The lowest BCUT2D eigenvalue weighted by atomic mass is 9.80. The number of aromatic nitrogens is 2. The third-order valence-corrected chi connectivity index (χ3v) is 7.50. The zero-order chi connectivity index (χ0) is 18.6. The smallest absolute Gasteiger partial charge is 0.0649 e. The molecule has 2 fully saturated rings. The highest BCUT2D eigenvalue weighted by atomic mass is 79.9. The van der Waals surface area contributed by atoms with Crippen LogP contribution >= 0.6 is 31.9 Å². The van der Waals surface area contributed by atoms with Crippen molar-refractivity contribution < 1.29 is 0 Å². The molecule has 2 aliphatic rings. The van der Waals surface area contributed by atoms with Crippen LogP contribution in [0.1, 0.15) is 99.2 Å². The predicted octanol–water partition coefficient (Wildman–Crippen LogP) is 7.21. The molecular weight excluding hydrogens is 452 g/mol. The van der Waals surface area contributed by atoms with E-state index in [0.29, 0.717) is 17.8 Å². The van der Waals surface area contributed by atoms with Gasteiger partial charge in [0.25, 0.3) is 0 Å². The van der Waals surface area contributed by atoms with E-state index in [1.165, 1.54) is 57.0 Å². The summed E-state index contributed by atoms with van der Waals surface area (Å²) in [7, 11) is 0. The van der Waals surface area contributed by atoms with Crippen LogP contribution < -0.4 is 0 Å². The van der Waals surface area contributed by atoms with Gasteiger partial charge in [-0.2, -0.15) is 0 Å². The zero-order valence-corrected chi connectivity index (χ0v) is 19.1. The molecule has 138 valence electrons. The number of hydrogen-bond acceptors (Lipinski definition) is 2. The van der Waals surface area contributed by atoms with Gasteiger partial charge in [0, 0.05) is 32.4 Å². The molecule has 0 aromatic carbocycles. The lowest BCUT2D eigenvalue weighted by Gasteiger charge is -2.29. The van der Waals surface area contributed by atoms with E-state index in [2.05, 4.69) is 71.8 Å². The second-order valence-electron chi connectivity index (χ2n) is 8.68. The minimum Gasteiger partial charge on any atom is -0.260 e. The average Bonchev–Trinajstić information content (AvgIpc) is 3.46. The van der Waals surface area contributed by atoms with Crippen LogP contribution in [0.4, 0.5) is 0 Å². The Kier molecular flexibility index (Phi) is 4.80. The summed E-state index contributed by atoms with van der Waals surface area (Å²) in [6, 6.07) is 2.17. The second-order valence-corrected chi connectivity index (χ2v) is 10.3. The van der Waals surface area contributed by atoms with Crippen molar-refractivity contribution in [2.45, 2.75) is 76.5 Å². The van der Waals surface area contributed by atoms with Crippen LogP contribution in [0.2, 0.25) is 0 Å². The van der Waals surface area contributed by atoms with Gasteiger partial charge in [-0.05, 0) is 82.1 Å². The maximum atomic E-state index is 4.92. The van der Waals surface area contributed by atoms with E-state index in [-0.39, 0.29) is 5.41 Å². The van der Waals surface area contributed by atoms with Crippen LogP contribution in [0, 0.1) is 0 Å². The fraction of sp³-hybridized carbons (Fsp3) is 0.545. The van der Waals surface area contributed by atoms with Gasteiger partial charge in [-0.25, -0.2) is 0 Å². The number of nitrogens with zero attached hydrogens (tertiary/aromatic N) is 2. The monoisotopic (exact) mass is 476 g/mol. The predicted molar refractivity (Wildman–Crippen MR) is 114 cm³/mol. The van der Waals surface area contributed by atoms with Gasteiger partial charge in [0.15, 0.2) is 0 Å². The van der Waals surface area contributed by atoms with Gasteiger partial charge >= 0.3 is 0 Å². The van der Waals surface area contributed by atoms with E-state index in [4.69, 9.17) is 9.97 Å². The topological polar surface area (TPSA) is 25.8 Å². The Labute approximate surface area is 173 Å². The van der Waals surface area contributed by atoms with Gasteiger partial charge in [-0.3, -0.25) is 9.97 Å². The van der Waals surface area contributed by atoms with Crippen molar-refractivity contribution in [2.75, 3.05) is 0 Å². The summed E-state index contributed by atoms with van der Waals surface area (Å²) in [6.07, 6.45) is 9.20. The first-order valence-corrected chi connectivity index (χ1v) is 11.2. The Hall–Kier alpha value is -0.740. The number of halogens is 2. The van der Waals surface area contributed by atoms with Gasteiger partial charge in [-0.1, -0.05) is 43.6 Å². The molecule has 2 aromatic heterocycles. The van der Waals surface area contributed by atoms with Crippen LogP contribution in [0.5, 0.6) is 0 Å². The number of hydrogen-bond donors (Lipinski definition) is 0. The normalized spacial score (nSPS) is 17.8. The minimum absolute atomic E-state index is 0.214. The van der Waals surface area contributed by atoms with Crippen molar-refractivity contribution in [1.29, 1.82) is 0 Å². The van der Waals surface area contributed by atoms with E-state index < -0.39 is 0 Å². The Morgan fingerprint density at radius 1 is 1.00 bits per heavy atom. The Bertz CT molecular complexity index is 849. The molecule has 2 nitrogen and oxygen atoms in total. The van der Waals surface area contributed by atoms with Crippen molar-refractivity contribution in [3.05, 3.63) is 55.5 Å². The van der Waals surface area contributed by atoms with Gasteiger partial charge < -0.3 is 0 Å². The van der Waals surface area contributed by atoms with Crippen LogP contribution in [-0.2, 0) is 5.41 Å². The molecule has 0 amide bonds. The standard InChI is InChI=1S/C22H26Br2N2/c1-12(2)20-17(14-7-8-14)19(24)16(11-26-20)22(3,4)21-18(23)15(9-10-25-21)13-5-6-13/h9-14H,5-8H2,1-4H3. The van der Waals surface area contributed by atoms with Crippen LogP contribution in [-0.4, -0.2) is 9.97 Å². The number of pyridine rings is 2. The van der Waals surface area contributed by atoms with E-state index in [1.807, 2.05) is 6.20 Å². The minimum atomic E-state index is -0.214. The summed E-state index contributed by atoms with van der Waals surface area (Å²) in [5.41, 5.74) is 6.23. The summed E-state index contributed by atoms with van der Waals surface area (Å²) in [5, 5.41) is 0. The molecule has 0 spiro atoms. The highest BCUT2D eigenvalue weighted by molar-refractivity contribution is 9.11. The van der Waals surface area contributed by atoms with Crippen molar-refractivity contribution in [3.63, 3.8) is 0 Å². The first-order chi connectivity index (χ1) is 12.3. The largest absolute Gasteiger partial charge is 0.260 e. The molecule has 0 bridgehead atoms. The molecule has 4 rings (SSSR count). The van der Waals surface area contributed by atoms with Crippen molar-refractivity contribution in [3.8, 4) is 0 Å². The highest BCUT2D eigenvalue weighted by Gasteiger charge is 2.37. The molecule has 0 saturated heterocycles. The summed E-state index contributed by atoms with van der Waals surface area (Å²) >= 11 is 7.85. The first kappa shape index (κ1) is 18.6. The van der Waals surface area contributed by atoms with Crippen LogP contribution in [0.15, 0.2) is 27.4 Å².